The molecule has 3 N–H and O–H groups in total. The van der Waals surface area contributed by atoms with Gasteiger partial charge in [-0.1, -0.05) is 6.07 Å². The molecule has 0 atom stereocenters. The number of pyridine rings is 1. The monoisotopic (exact) mass is 204 g/mol. The van der Waals surface area contributed by atoms with Crippen LogP contribution in [-0.4, -0.2) is 17.0 Å². The van der Waals surface area contributed by atoms with Gasteiger partial charge in [-0.15, -0.1) is 0 Å². The molecule has 0 unspecified atom stereocenters. The van der Waals surface area contributed by atoms with Crippen molar-refractivity contribution >= 4 is 5.96 Å². The SMILES string of the molecule is Cc1ccc(CN=C(N)NC2CC2)cn1. The van der Waals surface area contributed by atoms with E-state index in [0.717, 1.165) is 11.3 Å². The zero-order valence-corrected chi connectivity index (χ0v) is 8.90. The zero-order valence-electron chi connectivity index (χ0n) is 8.90. The van der Waals surface area contributed by atoms with Crippen LogP contribution in [0.15, 0.2) is 23.3 Å². The topological polar surface area (TPSA) is 63.3 Å². The molecule has 0 spiro atoms. The van der Waals surface area contributed by atoms with Gasteiger partial charge in [0.2, 0.25) is 0 Å². The fraction of sp³-hybridized carbons (Fsp3) is 0.455. The summed E-state index contributed by atoms with van der Waals surface area (Å²) in [4.78, 5) is 8.45. The molecule has 1 heterocycles. The van der Waals surface area contributed by atoms with E-state index in [1.54, 1.807) is 0 Å². The quantitative estimate of drug-likeness (QED) is 0.569. The van der Waals surface area contributed by atoms with E-state index in [9.17, 15) is 0 Å². The van der Waals surface area contributed by atoms with Gasteiger partial charge in [0.25, 0.3) is 0 Å². The largest absolute Gasteiger partial charge is 0.370 e. The number of hydrogen-bond donors (Lipinski definition) is 2. The summed E-state index contributed by atoms with van der Waals surface area (Å²) in [6, 6.07) is 4.57. The third kappa shape index (κ3) is 3.23. The van der Waals surface area contributed by atoms with E-state index in [1.807, 2.05) is 25.3 Å². The van der Waals surface area contributed by atoms with Crippen LogP contribution in [0, 0.1) is 6.92 Å². The highest BCUT2D eigenvalue weighted by Gasteiger charge is 2.21. The number of guanidine groups is 1. The smallest absolute Gasteiger partial charge is 0.189 e. The van der Waals surface area contributed by atoms with Gasteiger partial charge in [0.15, 0.2) is 5.96 Å². The number of nitrogens with one attached hydrogen (secondary N) is 1. The number of nitrogens with two attached hydrogens (primary N) is 1. The summed E-state index contributed by atoms with van der Waals surface area (Å²) in [5.74, 6) is 0.540. The minimum Gasteiger partial charge on any atom is -0.370 e. The molecule has 1 fully saturated rings. The molecule has 2 rings (SSSR count). The van der Waals surface area contributed by atoms with E-state index in [1.165, 1.54) is 12.8 Å². The van der Waals surface area contributed by atoms with Crippen LogP contribution in [0.2, 0.25) is 0 Å². The van der Waals surface area contributed by atoms with Crippen LogP contribution in [-0.2, 0) is 6.54 Å². The predicted molar refractivity (Wildman–Crippen MR) is 60.5 cm³/mol. The first-order chi connectivity index (χ1) is 7.24. The number of aliphatic imine (C=N–C) groups is 1. The Labute approximate surface area is 89.6 Å². The van der Waals surface area contributed by atoms with E-state index >= 15 is 0 Å². The molecule has 0 bridgehead atoms. The molecule has 1 aliphatic rings. The van der Waals surface area contributed by atoms with Crippen molar-refractivity contribution in [3.05, 3.63) is 29.6 Å². The number of aromatic nitrogens is 1. The summed E-state index contributed by atoms with van der Waals surface area (Å²) in [5, 5.41) is 3.14. The first-order valence-electron chi connectivity index (χ1n) is 5.22. The molecule has 15 heavy (non-hydrogen) atoms. The fourth-order valence-electron chi connectivity index (χ4n) is 1.25. The number of nitrogens with zero attached hydrogens (tertiary/aromatic N) is 2. The summed E-state index contributed by atoms with van der Waals surface area (Å²) in [6.07, 6.45) is 4.26. The molecule has 1 aliphatic carbocycles. The van der Waals surface area contributed by atoms with E-state index in [2.05, 4.69) is 15.3 Å². The van der Waals surface area contributed by atoms with Crippen molar-refractivity contribution in [2.75, 3.05) is 0 Å². The Morgan fingerprint density at radius 1 is 1.60 bits per heavy atom. The molecular weight excluding hydrogens is 188 g/mol. The second-order valence-corrected chi connectivity index (χ2v) is 3.93. The Bertz CT molecular complexity index is 351. The van der Waals surface area contributed by atoms with Crippen LogP contribution in [0.5, 0.6) is 0 Å². The van der Waals surface area contributed by atoms with Gasteiger partial charge in [0.1, 0.15) is 0 Å². The molecule has 0 aromatic carbocycles. The van der Waals surface area contributed by atoms with E-state index in [4.69, 9.17) is 5.73 Å². The first-order valence-corrected chi connectivity index (χ1v) is 5.22. The summed E-state index contributed by atoms with van der Waals surface area (Å²) in [6.45, 7) is 2.56. The summed E-state index contributed by atoms with van der Waals surface area (Å²) in [7, 11) is 0. The maximum atomic E-state index is 5.71. The molecule has 80 valence electrons. The van der Waals surface area contributed by atoms with Gasteiger partial charge in [-0.05, 0) is 31.4 Å². The van der Waals surface area contributed by atoms with Gasteiger partial charge in [0.05, 0.1) is 6.54 Å². The minimum atomic E-state index is 0.540. The highest BCUT2D eigenvalue weighted by molar-refractivity contribution is 5.78. The van der Waals surface area contributed by atoms with Crippen molar-refractivity contribution in [2.24, 2.45) is 10.7 Å². The third-order valence-electron chi connectivity index (χ3n) is 2.33. The lowest BCUT2D eigenvalue weighted by atomic mass is 10.2. The van der Waals surface area contributed by atoms with Gasteiger partial charge in [-0.25, -0.2) is 4.99 Å². The molecule has 4 heteroatoms. The molecule has 0 amide bonds. The van der Waals surface area contributed by atoms with Crippen LogP contribution in [0.4, 0.5) is 0 Å². The Hall–Kier alpha value is -1.58. The van der Waals surface area contributed by atoms with Gasteiger partial charge < -0.3 is 11.1 Å². The molecule has 1 aromatic rings. The molecule has 4 nitrogen and oxygen atoms in total. The van der Waals surface area contributed by atoms with Crippen molar-refractivity contribution in [3.8, 4) is 0 Å². The van der Waals surface area contributed by atoms with E-state index in [-0.39, 0.29) is 0 Å². The van der Waals surface area contributed by atoms with Gasteiger partial charge >= 0.3 is 0 Å². The maximum absolute atomic E-state index is 5.71. The Morgan fingerprint density at radius 3 is 3.00 bits per heavy atom. The zero-order chi connectivity index (χ0) is 10.7. The minimum absolute atomic E-state index is 0.540. The van der Waals surface area contributed by atoms with Gasteiger partial charge in [-0.2, -0.15) is 0 Å². The average molecular weight is 204 g/mol. The summed E-state index contributed by atoms with van der Waals surface area (Å²) < 4.78 is 0. The standard InChI is InChI=1S/C11H16N4/c1-8-2-3-9(6-13-8)7-14-11(12)15-10-4-5-10/h2-3,6,10H,4-5,7H2,1H3,(H3,12,14,15). The lowest BCUT2D eigenvalue weighted by molar-refractivity contribution is 0.877. The van der Waals surface area contributed by atoms with Crippen molar-refractivity contribution in [2.45, 2.75) is 32.4 Å². The molecule has 1 saturated carbocycles. The van der Waals surface area contributed by atoms with Crippen molar-refractivity contribution in [1.82, 2.24) is 10.3 Å². The third-order valence-corrected chi connectivity index (χ3v) is 2.33. The number of rotatable bonds is 3. The summed E-state index contributed by atoms with van der Waals surface area (Å²) in [5.41, 5.74) is 7.82. The van der Waals surface area contributed by atoms with Crippen molar-refractivity contribution in [3.63, 3.8) is 0 Å². The second-order valence-electron chi connectivity index (χ2n) is 3.93. The van der Waals surface area contributed by atoms with Crippen LogP contribution in [0.3, 0.4) is 0 Å². The maximum Gasteiger partial charge on any atom is 0.189 e. The predicted octanol–water partition coefficient (Wildman–Crippen LogP) is 0.957. The van der Waals surface area contributed by atoms with Crippen molar-refractivity contribution < 1.29 is 0 Å². The molecule has 0 aliphatic heterocycles. The van der Waals surface area contributed by atoms with Crippen LogP contribution in [0.25, 0.3) is 0 Å². The highest BCUT2D eigenvalue weighted by atomic mass is 15.1. The number of aryl methyl sites for hydroxylation is 1. The van der Waals surface area contributed by atoms with Crippen LogP contribution >= 0.6 is 0 Å². The highest BCUT2D eigenvalue weighted by Crippen LogP contribution is 2.18. The van der Waals surface area contributed by atoms with Crippen molar-refractivity contribution in [1.29, 1.82) is 0 Å². The summed E-state index contributed by atoms with van der Waals surface area (Å²) >= 11 is 0. The van der Waals surface area contributed by atoms with E-state index < -0.39 is 0 Å². The van der Waals surface area contributed by atoms with Crippen LogP contribution in [0.1, 0.15) is 24.1 Å². The fourth-order valence-corrected chi connectivity index (χ4v) is 1.25. The lowest BCUT2D eigenvalue weighted by Gasteiger charge is -2.02. The van der Waals surface area contributed by atoms with Gasteiger partial charge in [0, 0.05) is 17.9 Å². The second kappa shape index (κ2) is 4.29. The Morgan fingerprint density at radius 2 is 2.40 bits per heavy atom. The normalized spacial score (nSPS) is 16.5. The Kier molecular flexibility index (Phi) is 2.85. The molecular formula is C11H16N4. The molecule has 0 saturated heterocycles. The van der Waals surface area contributed by atoms with E-state index in [0.29, 0.717) is 18.5 Å². The van der Waals surface area contributed by atoms with Gasteiger partial charge in [-0.3, -0.25) is 4.98 Å². The molecule has 1 aromatic heterocycles. The first kappa shape index (κ1) is 9.96. The molecule has 0 radical (unpaired) electrons. The van der Waals surface area contributed by atoms with Crippen LogP contribution < -0.4 is 11.1 Å². The lowest BCUT2D eigenvalue weighted by Crippen LogP contribution is -2.33. The Balaban J connectivity index is 1.87. The number of hydrogen-bond acceptors (Lipinski definition) is 2. The average Bonchev–Trinajstić information content (AvgIpc) is 3.01.